The van der Waals surface area contributed by atoms with E-state index in [4.69, 9.17) is 19.9 Å². The van der Waals surface area contributed by atoms with Gasteiger partial charge in [0.2, 0.25) is 0 Å². The van der Waals surface area contributed by atoms with Crippen LogP contribution in [0.15, 0.2) is 12.1 Å². The van der Waals surface area contributed by atoms with Crippen LogP contribution in [0.25, 0.3) is 0 Å². The second-order valence-electron chi connectivity index (χ2n) is 6.75. The van der Waals surface area contributed by atoms with Gasteiger partial charge < -0.3 is 35.3 Å². The maximum absolute atomic E-state index is 12.9. The lowest BCUT2D eigenvalue weighted by atomic mass is 9.97. The number of hydrogen-bond acceptors (Lipinski definition) is 8. The van der Waals surface area contributed by atoms with Crippen molar-refractivity contribution in [1.29, 1.82) is 0 Å². The standard InChI is InChI=1S/C20H21NO8.ClH/c1-8-4-13(23)11(5-10(21)7-22)17-15(8)20(26)29-16-9(2)14(27-3)6-12(19(24)25)18(16)28-17;/h4,6,10,22-23H,5,7,21H2,1-3H3,(H,24,25);1H. The first-order valence-electron chi connectivity index (χ1n) is 8.76. The summed E-state index contributed by atoms with van der Waals surface area (Å²) in [5, 5.41) is 29.4. The molecule has 0 spiro atoms. The molecule has 0 aromatic heterocycles. The first-order valence-corrected chi connectivity index (χ1v) is 8.76. The number of nitrogens with two attached hydrogens (primary N) is 1. The maximum Gasteiger partial charge on any atom is 0.347 e. The fourth-order valence-corrected chi connectivity index (χ4v) is 3.25. The summed E-state index contributed by atoms with van der Waals surface area (Å²) in [6, 6.07) is 1.90. The Morgan fingerprint density at radius 3 is 2.43 bits per heavy atom. The third kappa shape index (κ3) is 3.87. The number of esters is 1. The summed E-state index contributed by atoms with van der Waals surface area (Å²) in [6.07, 6.45) is -0.00883. The van der Waals surface area contributed by atoms with Gasteiger partial charge in [-0.15, -0.1) is 12.4 Å². The maximum atomic E-state index is 12.9. The highest BCUT2D eigenvalue weighted by molar-refractivity contribution is 6.00. The van der Waals surface area contributed by atoms with Gasteiger partial charge in [0.25, 0.3) is 0 Å². The molecule has 9 nitrogen and oxygen atoms in total. The molecule has 1 unspecified atom stereocenters. The van der Waals surface area contributed by atoms with Crippen LogP contribution in [0, 0.1) is 13.8 Å². The van der Waals surface area contributed by atoms with Crippen molar-refractivity contribution >= 4 is 24.3 Å². The summed E-state index contributed by atoms with van der Waals surface area (Å²) in [7, 11) is 1.37. The zero-order valence-corrected chi connectivity index (χ0v) is 17.3. The van der Waals surface area contributed by atoms with Crippen molar-refractivity contribution in [3.05, 3.63) is 39.9 Å². The molecule has 1 heterocycles. The normalized spacial score (nSPS) is 13.0. The fraction of sp³-hybridized carbons (Fsp3) is 0.300. The molecule has 2 aromatic rings. The topological polar surface area (TPSA) is 149 Å². The van der Waals surface area contributed by atoms with Gasteiger partial charge in [-0.3, -0.25) is 0 Å². The molecule has 1 aliphatic rings. The van der Waals surface area contributed by atoms with E-state index < -0.39 is 18.0 Å². The Kier molecular flexibility index (Phi) is 6.81. The molecular weight excluding hydrogens is 418 g/mol. The number of aliphatic hydroxyl groups is 1. The first kappa shape index (κ1) is 23.3. The summed E-state index contributed by atoms with van der Waals surface area (Å²) in [5.74, 6) is -2.39. The lowest BCUT2D eigenvalue weighted by Crippen LogP contribution is -2.27. The average molecular weight is 440 g/mol. The Hall–Kier alpha value is -3.01. The Morgan fingerprint density at radius 2 is 1.87 bits per heavy atom. The number of phenolic OH excluding ortho intramolecular Hbond substituents is 1. The Morgan fingerprint density at radius 1 is 1.20 bits per heavy atom. The number of carboxylic acid groups (broad SMARTS) is 1. The highest BCUT2D eigenvalue weighted by atomic mass is 35.5. The van der Waals surface area contributed by atoms with E-state index in [1.54, 1.807) is 13.8 Å². The number of carbonyl (C=O) groups excluding carboxylic acids is 1. The highest BCUT2D eigenvalue weighted by Gasteiger charge is 2.34. The molecule has 0 fully saturated rings. The SMILES string of the molecule is COc1cc(C(=O)O)c2c(c1C)OC(=O)c1c(C)cc(O)c(CC(N)CO)c1O2.Cl. The predicted molar refractivity (Wildman–Crippen MR) is 109 cm³/mol. The minimum absolute atomic E-state index is 0. The van der Waals surface area contributed by atoms with Gasteiger partial charge in [-0.25, -0.2) is 9.59 Å². The van der Waals surface area contributed by atoms with Crippen LogP contribution in [0.1, 0.15) is 37.4 Å². The quantitative estimate of drug-likeness (QED) is 0.406. The second-order valence-corrected chi connectivity index (χ2v) is 6.75. The van der Waals surface area contributed by atoms with Crippen LogP contribution in [-0.4, -0.2) is 47.0 Å². The lowest BCUT2D eigenvalue weighted by Gasteiger charge is -2.18. The largest absolute Gasteiger partial charge is 0.508 e. The van der Waals surface area contributed by atoms with Crippen molar-refractivity contribution in [2.24, 2.45) is 5.73 Å². The van der Waals surface area contributed by atoms with E-state index in [2.05, 4.69) is 0 Å². The van der Waals surface area contributed by atoms with Crippen molar-refractivity contribution in [2.45, 2.75) is 26.3 Å². The van der Waals surface area contributed by atoms with Gasteiger partial charge in [-0.05, 0) is 38.0 Å². The van der Waals surface area contributed by atoms with Crippen LogP contribution in [0.4, 0.5) is 0 Å². The van der Waals surface area contributed by atoms with Gasteiger partial charge in [-0.2, -0.15) is 0 Å². The molecule has 162 valence electrons. The second kappa shape index (κ2) is 8.78. The molecule has 2 aromatic carbocycles. The number of rotatable bonds is 5. The number of benzene rings is 2. The van der Waals surface area contributed by atoms with Crippen LogP contribution in [-0.2, 0) is 6.42 Å². The molecule has 0 radical (unpaired) electrons. The van der Waals surface area contributed by atoms with Crippen molar-refractivity contribution in [3.63, 3.8) is 0 Å². The van der Waals surface area contributed by atoms with Crippen LogP contribution in [0.3, 0.4) is 0 Å². The summed E-state index contributed by atoms with van der Waals surface area (Å²) >= 11 is 0. The van der Waals surface area contributed by atoms with Gasteiger partial charge in [-0.1, -0.05) is 0 Å². The Bertz CT molecular complexity index is 1020. The molecular formula is C20H22ClNO8. The molecule has 0 saturated heterocycles. The average Bonchev–Trinajstić information content (AvgIpc) is 2.82. The molecule has 30 heavy (non-hydrogen) atoms. The smallest absolute Gasteiger partial charge is 0.347 e. The van der Waals surface area contributed by atoms with Gasteiger partial charge in [0.15, 0.2) is 11.5 Å². The molecule has 1 atom stereocenters. The minimum atomic E-state index is -1.32. The monoisotopic (exact) mass is 439 g/mol. The van der Waals surface area contributed by atoms with Crippen LogP contribution < -0.4 is 19.9 Å². The summed E-state index contributed by atoms with van der Waals surface area (Å²) in [5.41, 5.74) is 6.49. The number of aromatic hydroxyl groups is 1. The van der Waals surface area contributed by atoms with Crippen molar-refractivity contribution < 1.29 is 39.1 Å². The molecule has 0 saturated carbocycles. The van der Waals surface area contributed by atoms with Crippen molar-refractivity contribution in [3.8, 4) is 28.7 Å². The fourth-order valence-electron chi connectivity index (χ4n) is 3.25. The number of aryl methyl sites for hydroxylation is 1. The predicted octanol–water partition coefficient (Wildman–Crippen LogP) is 2.32. The van der Waals surface area contributed by atoms with Gasteiger partial charge in [0.05, 0.1) is 13.7 Å². The Labute approximate surface area is 178 Å². The molecule has 1 aliphatic heterocycles. The van der Waals surface area contributed by atoms with E-state index in [1.165, 1.54) is 19.2 Å². The molecule has 5 N–H and O–H groups in total. The van der Waals surface area contributed by atoms with Crippen molar-refractivity contribution in [2.75, 3.05) is 13.7 Å². The van der Waals surface area contributed by atoms with E-state index in [-0.39, 0.29) is 70.9 Å². The number of aromatic carboxylic acids is 1. The third-order valence-corrected chi connectivity index (χ3v) is 4.75. The number of carbonyl (C=O) groups is 2. The number of carboxylic acids is 1. The Balaban J connectivity index is 0.00000320. The molecule has 0 bridgehead atoms. The molecule has 0 aliphatic carbocycles. The number of aliphatic hydroxyl groups excluding tert-OH is 1. The molecule has 0 amide bonds. The summed E-state index contributed by atoms with van der Waals surface area (Å²) in [6.45, 7) is 2.82. The van der Waals surface area contributed by atoms with Crippen LogP contribution in [0.5, 0.6) is 28.7 Å². The van der Waals surface area contributed by atoms with E-state index in [0.29, 0.717) is 11.1 Å². The zero-order chi connectivity index (χ0) is 21.5. The summed E-state index contributed by atoms with van der Waals surface area (Å²) < 4.78 is 16.6. The zero-order valence-electron chi connectivity index (χ0n) is 16.5. The van der Waals surface area contributed by atoms with Gasteiger partial charge in [0.1, 0.15) is 28.4 Å². The van der Waals surface area contributed by atoms with E-state index >= 15 is 0 Å². The highest BCUT2D eigenvalue weighted by Crippen LogP contribution is 2.48. The van der Waals surface area contributed by atoms with Gasteiger partial charge in [0, 0.05) is 17.2 Å². The number of halogens is 1. The van der Waals surface area contributed by atoms with Gasteiger partial charge >= 0.3 is 11.9 Å². The third-order valence-electron chi connectivity index (χ3n) is 4.75. The lowest BCUT2D eigenvalue weighted by molar-refractivity contribution is 0.0685. The number of phenols is 1. The number of hydrogen-bond donors (Lipinski definition) is 4. The van der Waals surface area contributed by atoms with E-state index in [0.717, 1.165) is 0 Å². The van der Waals surface area contributed by atoms with E-state index in [1.807, 2.05) is 0 Å². The van der Waals surface area contributed by atoms with E-state index in [9.17, 15) is 24.9 Å². The summed E-state index contributed by atoms with van der Waals surface area (Å²) in [4.78, 5) is 24.7. The number of ether oxygens (including phenoxy) is 3. The van der Waals surface area contributed by atoms with Crippen molar-refractivity contribution in [1.82, 2.24) is 0 Å². The minimum Gasteiger partial charge on any atom is -0.508 e. The van der Waals surface area contributed by atoms with Crippen LogP contribution in [0.2, 0.25) is 0 Å². The molecule has 10 heteroatoms. The molecule has 3 rings (SSSR count). The number of methoxy groups -OCH3 is 1. The van der Waals surface area contributed by atoms with Crippen LogP contribution >= 0.6 is 12.4 Å². The first-order chi connectivity index (χ1) is 13.7. The number of fused-ring (bicyclic) bond motifs is 2.